The van der Waals surface area contributed by atoms with Crippen molar-refractivity contribution in [1.29, 1.82) is 0 Å². The maximum atomic E-state index is 11.4. The normalized spacial score (nSPS) is 22.7. The average Bonchev–Trinajstić information content (AvgIpc) is 2.74. The number of nitrogens with one attached hydrogen (secondary N) is 1. The van der Waals surface area contributed by atoms with E-state index in [9.17, 15) is 14.7 Å². The fraction of sp³-hybridized carbons (Fsp3) is 0.467. The van der Waals surface area contributed by atoms with Gasteiger partial charge in [0.25, 0.3) is 0 Å². The van der Waals surface area contributed by atoms with Gasteiger partial charge in [-0.1, -0.05) is 12.1 Å². The Kier molecular flexibility index (Phi) is 4.09. The van der Waals surface area contributed by atoms with Gasteiger partial charge in [0.05, 0.1) is 0 Å². The number of carbonyl (C=O) groups excluding carboxylic acids is 1. The van der Waals surface area contributed by atoms with Gasteiger partial charge in [-0.25, -0.2) is 0 Å². The van der Waals surface area contributed by atoms with Gasteiger partial charge in [-0.05, 0) is 44.0 Å². The maximum absolute atomic E-state index is 11.4. The van der Waals surface area contributed by atoms with Crippen molar-refractivity contribution in [1.82, 2.24) is 4.90 Å². The lowest BCUT2D eigenvalue weighted by Crippen LogP contribution is -2.47. The number of benzene rings is 1. The van der Waals surface area contributed by atoms with Gasteiger partial charge in [0.2, 0.25) is 5.91 Å². The van der Waals surface area contributed by atoms with Crippen LogP contribution in [0.1, 0.15) is 32.3 Å². The predicted octanol–water partition coefficient (Wildman–Crippen LogP) is 2.08. The predicted molar refractivity (Wildman–Crippen MR) is 76.4 cm³/mol. The van der Waals surface area contributed by atoms with Crippen LogP contribution >= 0.6 is 0 Å². The summed E-state index contributed by atoms with van der Waals surface area (Å²) in [6, 6.07) is 7.52. The van der Waals surface area contributed by atoms with Crippen LogP contribution in [0.2, 0.25) is 0 Å². The van der Waals surface area contributed by atoms with Crippen LogP contribution in [0.5, 0.6) is 0 Å². The Morgan fingerprint density at radius 1 is 1.35 bits per heavy atom. The molecule has 2 N–H and O–H groups in total. The van der Waals surface area contributed by atoms with Crippen molar-refractivity contribution >= 4 is 17.6 Å². The van der Waals surface area contributed by atoms with E-state index in [1.54, 1.807) is 6.92 Å². The molecule has 1 fully saturated rings. The highest BCUT2D eigenvalue weighted by molar-refractivity contribution is 5.88. The zero-order chi connectivity index (χ0) is 14.8. The zero-order valence-electron chi connectivity index (χ0n) is 11.8. The number of aliphatic carboxylic acids is 1. The number of hydrogen-bond donors (Lipinski definition) is 2. The van der Waals surface area contributed by atoms with E-state index in [0.717, 1.165) is 24.2 Å². The summed E-state index contributed by atoms with van der Waals surface area (Å²) in [4.78, 5) is 24.4. The Hall–Kier alpha value is -1.88. The van der Waals surface area contributed by atoms with Crippen LogP contribution in [0.3, 0.4) is 0 Å². The van der Waals surface area contributed by atoms with Crippen LogP contribution in [0.25, 0.3) is 0 Å². The lowest BCUT2D eigenvalue weighted by Gasteiger charge is -2.31. The standard InChI is InChI=1S/C15H20N2O3/c1-11(18)16-13-6-4-12(5-7-13)10-17-9-3-8-15(17,2)14(19)20/h4-7H,3,8-10H2,1-2H3,(H,16,18)(H,19,20). The smallest absolute Gasteiger partial charge is 0.323 e. The van der Waals surface area contributed by atoms with Gasteiger partial charge < -0.3 is 10.4 Å². The van der Waals surface area contributed by atoms with E-state index in [-0.39, 0.29) is 5.91 Å². The molecule has 108 valence electrons. The maximum Gasteiger partial charge on any atom is 0.323 e. The van der Waals surface area contributed by atoms with Crippen molar-refractivity contribution in [3.8, 4) is 0 Å². The van der Waals surface area contributed by atoms with E-state index in [0.29, 0.717) is 13.0 Å². The summed E-state index contributed by atoms with van der Waals surface area (Å²) >= 11 is 0. The molecule has 1 atom stereocenters. The van der Waals surface area contributed by atoms with Gasteiger partial charge in [-0.3, -0.25) is 14.5 Å². The highest BCUT2D eigenvalue weighted by atomic mass is 16.4. The highest BCUT2D eigenvalue weighted by Crippen LogP contribution is 2.30. The van der Waals surface area contributed by atoms with E-state index in [2.05, 4.69) is 5.32 Å². The van der Waals surface area contributed by atoms with Crippen molar-refractivity contribution in [3.63, 3.8) is 0 Å². The monoisotopic (exact) mass is 276 g/mol. The highest BCUT2D eigenvalue weighted by Gasteiger charge is 2.42. The molecule has 1 heterocycles. The first kappa shape index (κ1) is 14.5. The Morgan fingerprint density at radius 2 is 2.00 bits per heavy atom. The molecule has 1 aliphatic heterocycles. The van der Waals surface area contributed by atoms with Crippen LogP contribution in [0.15, 0.2) is 24.3 Å². The van der Waals surface area contributed by atoms with E-state index in [4.69, 9.17) is 0 Å². The molecule has 1 aliphatic rings. The summed E-state index contributed by atoms with van der Waals surface area (Å²) in [6.45, 7) is 4.67. The number of amides is 1. The van der Waals surface area contributed by atoms with Gasteiger partial charge in [0.1, 0.15) is 5.54 Å². The summed E-state index contributed by atoms with van der Waals surface area (Å²) in [5, 5.41) is 12.1. The van der Waals surface area contributed by atoms with Gasteiger partial charge in [0.15, 0.2) is 0 Å². The van der Waals surface area contributed by atoms with Crippen LogP contribution in [0, 0.1) is 0 Å². The quantitative estimate of drug-likeness (QED) is 0.883. The number of carboxylic acids is 1. The summed E-state index contributed by atoms with van der Waals surface area (Å²) in [6.07, 6.45) is 1.60. The van der Waals surface area contributed by atoms with Crippen molar-refractivity contribution in [2.45, 2.75) is 38.8 Å². The molecule has 2 rings (SSSR count). The molecule has 1 aromatic rings. The fourth-order valence-electron chi connectivity index (χ4n) is 2.63. The Labute approximate surface area is 118 Å². The van der Waals surface area contributed by atoms with Crippen LogP contribution in [-0.4, -0.2) is 34.0 Å². The van der Waals surface area contributed by atoms with E-state index in [1.165, 1.54) is 6.92 Å². The SMILES string of the molecule is CC(=O)Nc1ccc(CN2CCCC2(C)C(=O)O)cc1. The summed E-state index contributed by atoms with van der Waals surface area (Å²) in [5.41, 5.74) is 1.04. The number of carbonyl (C=O) groups is 2. The van der Waals surface area contributed by atoms with Gasteiger partial charge in [-0.2, -0.15) is 0 Å². The van der Waals surface area contributed by atoms with Crippen LogP contribution in [-0.2, 0) is 16.1 Å². The molecule has 5 heteroatoms. The van der Waals surface area contributed by atoms with Crippen LogP contribution in [0.4, 0.5) is 5.69 Å². The molecule has 0 bridgehead atoms. The van der Waals surface area contributed by atoms with Gasteiger partial charge >= 0.3 is 5.97 Å². The van der Waals surface area contributed by atoms with E-state index in [1.807, 2.05) is 29.2 Å². The number of rotatable bonds is 4. The lowest BCUT2D eigenvalue weighted by atomic mass is 9.99. The first-order valence-corrected chi connectivity index (χ1v) is 6.77. The third-order valence-electron chi connectivity index (χ3n) is 3.90. The van der Waals surface area contributed by atoms with Crippen molar-refractivity contribution in [2.24, 2.45) is 0 Å². The van der Waals surface area contributed by atoms with E-state index >= 15 is 0 Å². The second-order valence-corrected chi connectivity index (χ2v) is 5.48. The number of hydrogen-bond acceptors (Lipinski definition) is 3. The van der Waals surface area contributed by atoms with Crippen molar-refractivity contribution < 1.29 is 14.7 Å². The average molecular weight is 276 g/mol. The topological polar surface area (TPSA) is 69.6 Å². The first-order valence-electron chi connectivity index (χ1n) is 6.77. The van der Waals surface area contributed by atoms with Crippen molar-refractivity contribution in [2.75, 3.05) is 11.9 Å². The number of carboxylic acid groups (broad SMARTS) is 1. The molecule has 0 saturated carbocycles. The van der Waals surface area contributed by atoms with Gasteiger partial charge in [-0.15, -0.1) is 0 Å². The Bertz CT molecular complexity index is 512. The third-order valence-corrected chi connectivity index (χ3v) is 3.90. The lowest BCUT2D eigenvalue weighted by molar-refractivity contribution is -0.148. The van der Waals surface area contributed by atoms with Crippen LogP contribution < -0.4 is 5.32 Å². The zero-order valence-corrected chi connectivity index (χ0v) is 11.8. The molecule has 1 saturated heterocycles. The minimum Gasteiger partial charge on any atom is -0.480 e. The summed E-state index contributed by atoms with van der Waals surface area (Å²) in [7, 11) is 0. The molecule has 1 amide bonds. The number of anilines is 1. The van der Waals surface area contributed by atoms with Crippen molar-refractivity contribution in [3.05, 3.63) is 29.8 Å². The Morgan fingerprint density at radius 3 is 2.55 bits per heavy atom. The molecular weight excluding hydrogens is 256 g/mol. The Balaban J connectivity index is 2.06. The molecule has 0 radical (unpaired) electrons. The molecule has 0 spiro atoms. The third kappa shape index (κ3) is 2.99. The molecule has 0 aromatic heterocycles. The minimum absolute atomic E-state index is 0.101. The fourth-order valence-corrected chi connectivity index (χ4v) is 2.63. The number of likely N-dealkylation sites (tertiary alicyclic amines) is 1. The second kappa shape index (κ2) is 5.63. The molecule has 5 nitrogen and oxygen atoms in total. The molecule has 20 heavy (non-hydrogen) atoms. The summed E-state index contributed by atoms with van der Waals surface area (Å²) < 4.78 is 0. The second-order valence-electron chi connectivity index (χ2n) is 5.48. The molecular formula is C15H20N2O3. The molecule has 1 unspecified atom stereocenters. The largest absolute Gasteiger partial charge is 0.480 e. The molecule has 0 aliphatic carbocycles. The first-order chi connectivity index (χ1) is 9.41. The number of nitrogens with zero attached hydrogens (tertiary/aromatic N) is 1. The summed E-state index contributed by atoms with van der Waals surface area (Å²) in [5.74, 6) is -0.861. The molecule has 1 aromatic carbocycles. The minimum atomic E-state index is -0.768. The van der Waals surface area contributed by atoms with Gasteiger partial charge in [0, 0.05) is 19.2 Å². The van der Waals surface area contributed by atoms with E-state index < -0.39 is 11.5 Å².